The van der Waals surface area contributed by atoms with E-state index in [-0.39, 0.29) is 5.91 Å². The maximum atomic E-state index is 12.1. The zero-order valence-electron chi connectivity index (χ0n) is 13.3. The van der Waals surface area contributed by atoms with Gasteiger partial charge in [-0.05, 0) is 54.0 Å². The molecule has 2 aromatic rings. The van der Waals surface area contributed by atoms with Crippen molar-refractivity contribution in [1.82, 2.24) is 20.2 Å². The molecule has 0 unspecified atom stereocenters. The lowest BCUT2D eigenvalue weighted by Crippen LogP contribution is -2.36. The Morgan fingerprint density at radius 2 is 2.30 bits per heavy atom. The van der Waals surface area contributed by atoms with Gasteiger partial charge in [-0.2, -0.15) is 16.4 Å². The molecule has 0 aliphatic carbocycles. The highest BCUT2D eigenvalue weighted by Crippen LogP contribution is 2.26. The third-order valence-electron chi connectivity index (χ3n) is 3.27. The summed E-state index contributed by atoms with van der Waals surface area (Å²) in [6.07, 6.45) is 2.61. The van der Waals surface area contributed by atoms with Gasteiger partial charge in [-0.1, -0.05) is 0 Å². The van der Waals surface area contributed by atoms with E-state index >= 15 is 0 Å². The Morgan fingerprint density at radius 1 is 1.52 bits per heavy atom. The lowest BCUT2D eigenvalue weighted by atomic mass is 10.2. The number of carbonyl (C=O) groups is 1. The Hall–Kier alpha value is -2.13. The van der Waals surface area contributed by atoms with Crippen LogP contribution in [0.5, 0.6) is 5.75 Å². The third-order valence-corrected chi connectivity index (χ3v) is 3.91. The number of nitrogens with zero attached hydrogens (tertiary/aromatic N) is 4. The van der Waals surface area contributed by atoms with Crippen molar-refractivity contribution in [3.05, 3.63) is 24.0 Å². The number of nitrogens with two attached hydrogens (primary N) is 1. The molecule has 0 saturated carbocycles. The van der Waals surface area contributed by atoms with Crippen LogP contribution in [0, 0.1) is 6.92 Å². The second-order valence-electron chi connectivity index (χ2n) is 4.90. The number of amides is 1. The zero-order valence-corrected chi connectivity index (χ0v) is 14.1. The Bertz CT molecular complexity index is 675. The Morgan fingerprint density at radius 3 is 2.91 bits per heavy atom. The summed E-state index contributed by atoms with van der Waals surface area (Å²) in [5.41, 5.74) is 7.13. The van der Waals surface area contributed by atoms with E-state index in [4.69, 9.17) is 10.5 Å². The summed E-state index contributed by atoms with van der Waals surface area (Å²) >= 11 is 1.66. The standard InChI is InChI=1S/C14H20N6O2S/c1-9-17-18-19-20(9)12-8-10(4-5-13(12)22-2)16-14(21)11(15)6-7-23-3/h4-5,8,11H,6-7,15H2,1-3H3,(H,16,21)/t11-/m0/s1. The number of rotatable bonds is 7. The van der Waals surface area contributed by atoms with Crippen LogP contribution in [-0.4, -0.2) is 51.3 Å². The highest BCUT2D eigenvalue weighted by Gasteiger charge is 2.15. The molecular weight excluding hydrogens is 316 g/mol. The van der Waals surface area contributed by atoms with Gasteiger partial charge < -0.3 is 15.8 Å². The van der Waals surface area contributed by atoms with E-state index in [2.05, 4.69) is 20.8 Å². The van der Waals surface area contributed by atoms with Crippen molar-refractivity contribution >= 4 is 23.4 Å². The molecule has 0 spiro atoms. The van der Waals surface area contributed by atoms with Gasteiger partial charge >= 0.3 is 0 Å². The number of ether oxygens (including phenoxy) is 1. The molecular formula is C14H20N6O2S. The smallest absolute Gasteiger partial charge is 0.241 e. The van der Waals surface area contributed by atoms with Gasteiger partial charge in [0, 0.05) is 5.69 Å². The first-order valence-electron chi connectivity index (χ1n) is 7.05. The topological polar surface area (TPSA) is 108 Å². The lowest BCUT2D eigenvalue weighted by molar-refractivity contribution is -0.117. The Balaban J connectivity index is 2.21. The molecule has 23 heavy (non-hydrogen) atoms. The molecule has 0 radical (unpaired) electrons. The second-order valence-corrected chi connectivity index (χ2v) is 5.89. The zero-order chi connectivity index (χ0) is 16.8. The molecule has 1 aromatic carbocycles. The Kier molecular flexibility index (Phi) is 5.94. The number of hydrogen-bond acceptors (Lipinski definition) is 7. The number of methoxy groups -OCH3 is 1. The van der Waals surface area contributed by atoms with Gasteiger partial charge in [-0.15, -0.1) is 5.10 Å². The van der Waals surface area contributed by atoms with E-state index in [1.807, 2.05) is 6.26 Å². The fraction of sp³-hybridized carbons (Fsp3) is 0.429. The van der Waals surface area contributed by atoms with Crippen molar-refractivity contribution < 1.29 is 9.53 Å². The van der Waals surface area contributed by atoms with Gasteiger partial charge in [0.15, 0.2) is 5.82 Å². The Labute approximate surface area is 138 Å². The SMILES string of the molecule is COc1ccc(NC(=O)[C@@H](N)CCSC)cc1-n1nnnc1C. The van der Waals surface area contributed by atoms with Crippen molar-refractivity contribution in [3.8, 4) is 11.4 Å². The average Bonchev–Trinajstić information content (AvgIpc) is 2.98. The number of nitrogens with one attached hydrogen (secondary N) is 1. The molecule has 3 N–H and O–H groups in total. The van der Waals surface area contributed by atoms with Crippen LogP contribution in [0.2, 0.25) is 0 Å². The number of tetrazole rings is 1. The third kappa shape index (κ3) is 4.20. The van der Waals surface area contributed by atoms with Crippen LogP contribution in [-0.2, 0) is 4.79 Å². The summed E-state index contributed by atoms with van der Waals surface area (Å²) in [5.74, 6) is 1.84. The van der Waals surface area contributed by atoms with Crippen LogP contribution in [0.25, 0.3) is 5.69 Å². The summed E-state index contributed by atoms with van der Waals surface area (Å²) in [4.78, 5) is 12.1. The largest absolute Gasteiger partial charge is 0.494 e. The number of thioether (sulfide) groups is 1. The van der Waals surface area contributed by atoms with Crippen molar-refractivity contribution in [1.29, 1.82) is 0 Å². The van der Waals surface area contributed by atoms with Gasteiger partial charge in [0.05, 0.1) is 13.2 Å². The molecule has 9 heteroatoms. The normalized spacial score (nSPS) is 12.0. The minimum absolute atomic E-state index is 0.219. The number of aryl methyl sites for hydroxylation is 1. The summed E-state index contributed by atoms with van der Waals surface area (Å²) in [5, 5.41) is 14.2. The van der Waals surface area contributed by atoms with E-state index in [1.165, 1.54) is 0 Å². The number of hydrogen-bond donors (Lipinski definition) is 2. The van der Waals surface area contributed by atoms with E-state index < -0.39 is 6.04 Å². The van der Waals surface area contributed by atoms with E-state index in [0.717, 1.165) is 5.75 Å². The van der Waals surface area contributed by atoms with Crippen LogP contribution in [0.3, 0.4) is 0 Å². The maximum Gasteiger partial charge on any atom is 0.241 e. The van der Waals surface area contributed by atoms with Crippen LogP contribution >= 0.6 is 11.8 Å². The molecule has 8 nitrogen and oxygen atoms in total. The van der Waals surface area contributed by atoms with Gasteiger partial charge in [0.2, 0.25) is 5.91 Å². The quantitative estimate of drug-likeness (QED) is 0.776. The summed E-state index contributed by atoms with van der Waals surface area (Å²) in [6.45, 7) is 1.78. The van der Waals surface area contributed by atoms with E-state index in [9.17, 15) is 4.79 Å². The van der Waals surface area contributed by atoms with Gasteiger partial charge in [-0.3, -0.25) is 4.79 Å². The molecule has 1 amide bonds. The number of carbonyl (C=O) groups excluding carboxylic acids is 1. The van der Waals surface area contributed by atoms with Crippen LogP contribution in [0.1, 0.15) is 12.2 Å². The van der Waals surface area contributed by atoms with Crippen LogP contribution in [0.15, 0.2) is 18.2 Å². The molecule has 2 rings (SSSR count). The number of anilines is 1. The summed E-state index contributed by atoms with van der Waals surface area (Å²) in [7, 11) is 1.56. The molecule has 1 atom stereocenters. The fourth-order valence-electron chi connectivity index (χ4n) is 2.00. The maximum absolute atomic E-state index is 12.1. The first-order chi connectivity index (χ1) is 11.1. The highest BCUT2D eigenvalue weighted by atomic mass is 32.2. The lowest BCUT2D eigenvalue weighted by Gasteiger charge is -2.14. The monoisotopic (exact) mass is 336 g/mol. The average molecular weight is 336 g/mol. The van der Waals surface area contributed by atoms with Gasteiger partial charge in [-0.25, -0.2) is 0 Å². The molecule has 124 valence electrons. The first kappa shape index (κ1) is 17.2. The van der Waals surface area contributed by atoms with Crippen molar-refractivity contribution in [2.24, 2.45) is 5.73 Å². The van der Waals surface area contributed by atoms with Crippen molar-refractivity contribution in [3.63, 3.8) is 0 Å². The molecule has 0 aliphatic rings. The molecule has 1 heterocycles. The second kappa shape index (κ2) is 7.93. The van der Waals surface area contributed by atoms with Crippen LogP contribution in [0.4, 0.5) is 5.69 Å². The van der Waals surface area contributed by atoms with Crippen LogP contribution < -0.4 is 15.8 Å². The predicted octanol–water partition coefficient (Wildman–Crippen LogP) is 0.998. The fourth-order valence-corrected chi connectivity index (χ4v) is 2.49. The minimum atomic E-state index is -0.539. The van der Waals surface area contributed by atoms with E-state index in [0.29, 0.717) is 29.4 Å². The van der Waals surface area contributed by atoms with Gasteiger partial charge in [0.1, 0.15) is 11.4 Å². The molecule has 0 fully saturated rings. The minimum Gasteiger partial charge on any atom is -0.494 e. The highest BCUT2D eigenvalue weighted by molar-refractivity contribution is 7.98. The predicted molar refractivity (Wildman–Crippen MR) is 90.0 cm³/mol. The molecule has 1 aromatic heterocycles. The van der Waals surface area contributed by atoms with E-state index in [1.54, 1.807) is 48.7 Å². The summed E-state index contributed by atoms with van der Waals surface area (Å²) < 4.78 is 6.87. The first-order valence-corrected chi connectivity index (χ1v) is 8.45. The van der Waals surface area contributed by atoms with Crippen molar-refractivity contribution in [2.45, 2.75) is 19.4 Å². The molecule has 0 aliphatic heterocycles. The van der Waals surface area contributed by atoms with Crippen molar-refractivity contribution in [2.75, 3.05) is 24.4 Å². The number of benzene rings is 1. The van der Waals surface area contributed by atoms with Gasteiger partial charge in [0.25, 0.3) is 0 Å². The molecule has 0 saturated heterocycles. The molecule has 0 bridgehead atoms. The summed E-state index contributed by atoms with van der Waals surface area (Å²) in [6, 6.07) is 4.71. The number of aromatic nitrogens is 4.